The molecule has 0 unspecified atom stereocenters. The zero-order valence-corrected chi connectivity index (χ0v) is 14.5. The first-order valence-electron chi connectivity index (χ1n) is 7.42. The normalized spacial score (nSPS) is 13.2. The van der Waals surface area contributed by atoms with Crippen molar-refractivity contribution < 1.29 is 0 Å². The highest BCUT2D eigenvalue weighted by Crippen LogP contribution is 2.41. The van der Waals surface area contributed by atoms with Gasteiger partial charge in [-0.25, -0.2) is 0 Å². The van der Waals surface area contributed by atoms with E-state index < -0.39 is 0 Å². The van der Waals surface area contributed by atoms with E-state index in [0.29, 0.717) is 0 Å². The second kappa shape index (κ2) is 4.34. The van der Waals surface area contributed by atoms with Crippen LogP contribution in [-0.4, -0.2) is 9.78 Å². The summed E-state index contributed by atoms with van der Waals surface area (Å²) in [7, 11) is 2.05. The highest BCUT2D eigenvalue weighted by atomic mass is 15.2. The number of hydrogen-bond acceptors (Lipinski definition) is 1. The van der Waals surface area contributed by atoms with Crippen molar-refractivity contribution in [3.63, 3.8) is 0 Å². The molecule has 1 aromatic carbocycles. The Morgan fingerprint density at radius 3 is 1.75 bits per heavy atom. The average Bonchev–Trinajstić information content (AvgIpc) is 2.58. The van der Waals surface area contributed by atoms with Crippen LogP contribution >= 0.6 is 0 Å². The van der Waals surface area contributed by atoms with Crippen molar-refractivity contribution in [2.45, 2.75) is 66.2 Å². The predicted octanol–water partition coefficient (Wildman–Crippen LogP) is 4.79. The molecule has 0 amide bonds. The number of benzene rings is 1. The molecule has 0 aliphatic heterocycles. The molecule has 1 aromatic heterocycles. The predicted molar refractivity (Wildman–Crippen MR) is 87.6 cm³/mol. The zero-order chi connectivity index (χ0) is 15.5. The van der Waals surface area contributed by atoms with Gasteiger partial charge in [0.1, 0.15) is 0 Å². The summed E-state index contributed by atoms with van der Waals surface area (Å²) in [6.07, 6.45) is 2.04. The van der Waals surface area contributed by atoms with Crippen LogP contribution in [0.1, 0.15) is 63.8 Å². The minimum absolute atomic E-state index is 0.122. The summed E-state index contributed by atoms with van der Waals surface area (Å²) in [5, 5.41) is 5.86. The number of rotatable bonds is 0. The van der Waals surface area contributed by atoms with Gasteiger partial charge in [0.25, 0.3) is 0 Å². The lowest BCUT2D eigenvalue weighted by Gasteiger charge is -2.30. The molecular formula is C18H28N2. The van der Waals surface area contributed by atoms with Crippen LogP contribution in [0.25, 0.3) is 10.9 Å². The minimum Gasteiger partial charge on any atom is -0.268 e. The van der Waals surface area contributed by atoms with E-state index in [1.54, 1.807) is 0 Å². The topological polar surface area (TPSA) is 17.8 Å². The number of hydrogen-bond donors (Lipinski definition) is 0. The molecule has 1 heterocycles. The summed E-state index contributed by atoms with van der Waals surface area (Å²) >= 11 is 0. The number of aryl methyl sites for hydroxylation is 1. The molecule has 0 atom stereocenters. The van der Waals surface area contributed by atoms with Crippen molar-refractivity contribution >= 4 is 10.9 Å². The number of nitrogens with zero attached hydrogens (tertiary/aromatic N) is 2. The minimum atomic E-state index is 0.122. The van der Waals surface area contributed by atoms with Gasteiger partial charge in [0.05, 0.1) is 11.7 Å². The van der Waals surface area contributed by atoms with Crippen LogP contribution < -0.4 is 0 Å². The first kappa shape index (κ1) is 15.1. The van der Waals surface area contributed by atoms with Gasteiger partial charge in [0.2, 0.25) is 0 Å². The maximum Gasteiger partial charge on any atom is 0.0722 e. The van der Waals surface area contributed by atoms with E-state index in [1.165, 1.54) is 33.2 Å². The molecule has 0 aliphatic carbocycles. The zero-order valence-electron chi connectivity index (χ0n) is 14.5. The lowest BCUT2D eigenvalue weighted by molar-refractivity contribution is 0.575. The first-order valence-corrected chi connectivity index (χ1v) is 7.42. The first-order chi connectivity index (χ1) is 8.96. The molecular weight excluding hydrogens is 244 g/mol. The van der Waals surface area contributed by atoms with Gasteiger partial charge in [0, 0.05) is 12.4 Å². The van der Waals surface area contributed by atoms with Crippen LogP contribution in [0.5, 0.6) is 0 Å². The lowest BCUT2D eigenvalue weighted by Crippen LogP contribution is -2.20. The van der Waals surface area contributed by atoms with E-state index in [0.717, 1.165) is 0 Å². The van der Waals surface area contributed by atoms with Gasteiger partial charge < -0.3 is 0 Å². The van der Waals surface area contributed by atoms with E-state index in [2.05, 4.69) is 67.5 Å². The Bertz CT molecular complexity index is 661. The van der Waals surface area contributed by atoms with Crippen LogP contribution in [0.2, 0.25) is 0 Å². The summed E-state index contributed by atoms with van der Waals surface area (Å²) in [6, 6.07) is 0. The molecule has 2 nitrogen and oxygen atoms in total. The van der Waals surface area contributed by atoms with Gasteiger partial charge >= 0.3 is 0 Å². The Morgan fingerprint density at radius 2 is 1.30 bits per heavy atom. The Balaban J connectivity index is 3.07. The summed E-state index contributed by atoms with van der Waals surface area (Å²) < 4.78 is 2.04. The van der Waals surface area contributed by atoms with E-state index in [1.807, 2.05) is 10.9 Å². The fourth-order valence-electron chi connectivity index (χ4n) is 3.56. The molecule has 0 bridgehead atoms. The maximum atomic E-state index is 4.54. The smallest absolute Gasteiger partial charge is 0.0722 e. The third-order valence-corrected chi connectivity index (χ3v) is 4.26. The van der Waals surface area contributed by atoms with Gasteiger partial charge in [-0.15, -0.1) is 0 Å². The molecule has 110 valence electrons. The average molecular weight is 272 g/mol. The Kier molecular flexibility index (Phi) is 3.27. The second-order valence-corrected chi connectivity index (χ2v) is 8.03. The summed E-state index contributed by atoms with van der Waals surface area (Å²) in [4.78, 5) is 0. The third kappa shape index (κ3) is 2.15. The highest BCUT2D eigenvalue weighted by Gasteiger charge is 2.29. The monoisotopic (exact) mass is 272 g/mol. The van der Waals surface area contributed by atoms with Crippen LogP contribution in [-0.2, 0) is 17.9 Å². The van der Waals surface area contributed by atoms with Gasteiger partial charge in [-0.1, -0.05) is 41.5 Å². The largest absolute Gasteiger partial charge is 0.268 e. The second-order valence-electron chi connectivity index (χ2n) is 8.03. The molecule has 2 rings (SSSR count). The van der Waals surface area contributed by atoms with Crippen molar-refractivity contribution in [3.05, 3.63) is 28.5 Å². The molecule has 0 aliphatic rings. The molecule has 0 spiro atoms. The van der Waals surface area contributed by atoms with Gasteiger partial charge in [-0.05, 0) is 46.9 Å². The van der Waals surface area contributed by atoms with Crippen molar-refractivity contribution in [3.8, 4) is 0 Å². The fraction of sp³-hybridized carbons (Fsp3) is 0.611. The van der Waals surface area contributed by atoms with E-state index in [4.69, 9.17) is 0 Å². The quantitative estimate of drug-likeness (QED) is 0.674. The number of fused-ring (bicyclic) bond motifs is 1. The molecule has 0 radical (unpaired) electrons. The Labute approximate surface area is 123 Å². The molecule has 20 heavy (non-hydrogen) atoms. The third-order valence-electron chi connectivity index (χ3n) is 4.26. The Hall–Kier alpha value is -1.31. The summed E-state index contributed by atoms with van der Waals surface area (Å²) in [6.45, 7) is 18.3. The summed E-state index contributed by atoms with van der Waals surface area (Å²) in [5.41, 5.74) is 7.25. The van der Waals surface area contributed by atoms with Gasteiger partial charge in [-0.3, -0.25) is 4.68 Å². The van der Waals surface area contributed by atoms with E-state index >= 15 is 0 Å². The molecule has 2 heteroatoms. The van der Waals surface area contributed by atoms with Crippen LogP contribution in [0.15, 0.2) is 6.20 Å². The van der Waals surface area contributed by atoms with Crippen LogP contribution in [0.3, 0.4) is 0 Å². The number of aromatic nitrogens is 2. The van der Waals surface area contributed by atoms with Crippen LogP contribution in [0, 0.1) is 13.8 Å². The molecule has 2 aromatic rings. The van der Waals surface area contributed by atoms with Crippen molar-refractivity contribution in [2.75, 3.05) is 0 Å². The van der Waals surface area contributed by atoms with E-state index in [-0.39, 0.29) is 10.8 Å². The van der Waals surface area contributed by atoms with Gasteiger partial charge in [0.15, 0.2) is 0 Å². The fourth-order valence-corrected chi connectivity index (χ4v) is 3.56. The summed E-state index contributed by atoms with van der Waals surface area (Å²) in [5.74, 6) is 0. The van der Waals surface area contributed by atoms with Crippen molar-refractivity contribution in [1.29, 1.82) is 0 Å². The lowest BCUT2D eigenvalue weighted by atomic mass is 9.74. The maximum absolute atomic E-state index is 4.54. The molecule has 0 N–H and O–H groups in total. The molecule has 0 saturated heterocycles. The van der Waals surface area contributed by atoms with Crippen LogP contribution in [0.4, 0.5) is 0 Å². The van der Waals surface area contributed by atoms with E-state index in [9.17, 15) is 0 Å². The highest BCUT2D eigenvalue weighted by molar-refractivity contribution is 5.89. The molecule has 0 saturated carbocycles. The molecule has 0 fully saturated rings. The Morgan fingerprint density at radius 1 is 0.850 bits per heavy atom. The SMILES string of the molecule is Cc1c(C)c(C(C)(C)C)c2c(cnn2C)c1C(C)(C)C. The van der Waals surface area contributed by atoms with Crippen molar-refractivity contribution in [2.24, 2.45) is 7.05 Å². The van der Waals surface area contributed by atoms with Gasteiger partial charge in [-0.2, -0.15) is 5.10 Å². The standard InChI is InChI=1S/C18H28N2/c1-11-12(2)15(18(6,7)8)16-13(10-19-20(16)9)14(11)17(3,4)5/h10H,1-9H3. The van der Waals surface area contributed by atoms with Crippen molar-refractivity contribution in [1.82, 2.24) is 9.78 Å².